The van der Waals surface area contributed by atoms with E-state index in [9.17, 15) is 13.2 Å². The van der Waals surface area contributed by atoms with Crippen LogP contribution in [-0.4, -0.2) is 44.9 Å². The Labute approximate surface area is 134 Å². The molecule has 1 aromatic rings. The molecule has 1 amide bonds. The molecular weight excluding hydrogens is 324 g/mol. The maximum Gasteiger partial charge on any atom is 0.252 e. The Hall–Kier alpha value is -1.22. The number of rotatable bonds is 5. The lowest BCUT2D eigenvalue weighted by Gasteiger charge is -2.25. The van der Waals surface area contributed by atoms with E-state index in [0.29, 0.717) is 37.1 Å². The van der Waals surface area contributed by atoms with Crippen LogP contribution in [0.3, 0.4) is 0 Å². The van der Waals surface area contributed by atoms with Crippen molar-refractivity contribution in [3.05, 3.63) is 28.7 Å². The van der Waals surface area contributed by atoms with Crippen LogP contribution in [0.2, 0.25) is 0 Å². The molecule has 0 spiro atoms. The summed E-state index contributed by atoms with van der Waals surface area (Å²) in [5.74, 6) is -0.175. The third-order valence-corrected chi connectivity index (χ3v) is 6.51. The lowest BCUT2D eigenvalue weighted by atomic mass is 10.3. The van der Waals surface area contributed by atoms with Crippen LogP contribution in [-0.2, 0) is 26.1 Å². The van der Waals surface area contributed by atoms with Gasteiger partial charge in [-0.3, -0.25) is 4.79 Å². The average Bonchev–Trinajstić information content (AvgIpc) is 2.95. The number of morpholine rings is 1. The van der Waals surface area contributed by atoms with Crippen LogP contribution >= 0.6 is 11.3 Å². The first-order valence-electron chi connectivity index (χ1n) is 6.99. The number of nitrogens with one attached hydrogen (secondary N) is 1. The van der Waals surface area contributed by atoms with E-state index in [2.05, 4.69) is 5.32 Å². The second-order valence-corrected chi connectivity index (χ2v) is 8.51. The van der Waals surface area contributed by atoms with Crippen LogP contribution in [0.5, 0.6) is 0 Å². The molecule has 0 aliphatic carbocycles. The zero-order chi connectivity index (χ0) is 16.2. The van der Waals surface area contributed by atoms with Gasteiger partial charge >= 0.3 is 0 Å². The molecule has 2 rings (SSSR count). The lowest BCUT2D eigenvalue weighted by Crippen LogP contribution is -2.40. The third-order valence-electron chi connectivity index (χ3n) is 3.06. The summed E-state index contributed by atoms with van der Waals surface area (Å²) in [6, 6.07) is 3.33. The van der Waals surface area contributed by atoms with Crippen molar-refractivity contribution in [1.82, 2.24) is 9.62 Å². The first-order chi connectivity index (χ1) is 10.4. The van der Waals surface area contributed by atoms with Gasteiger partial charge in [0.25, 0.3) is 10.0 Å². The molecule has 0 radical (unpaired) electrons. The van der Waals surface area contributed by atoms with E-state index in [0.717, 1.165) is 10.5 Å². The number of amides is 1. The number of nitrogens with zero attached hydrogens (tertiary/aromatic N) is 1. The van der Waals surface area contributed by atoms with Crippen LogP contribution in [0.4, 0.5) is 0 Å². The fourth-order valence-corrected chi connectivity index (χ4v) is 4.85. The molecule has 122 valence electrons. The minimum Gasteiger partial charge on any atom is -0.379 e. The summed E-state index contributed by atoms with van der Waals surface area (Å²) in [6.45, 7) is 5.63. The first kappa shape index (κ1) is 17.1. The zero-order valence-corrected chi connectivity index (χ0v) is 14.3. The van der Waals surface area contributed by atoms with Gasteiger partial charge in [-0.25, -0.2) is 8.42 Å². The number of allylic oxidation sites excluding steroid dienone is 1. The Morgan fingerprint density at radius 2 is 2.05 bits per heavy atom. The van der Waals surface area contributed by atoms with Crippen molar-refractivity contribution >= 4 is 27.3 Å². The number of sulfonamides is 1. The van der Waals surface area contributed by atoms with Gasteiger partial charge in [0.1, 0.15) is 4.21 Å². The largest absolute Gasteiger partial charge is 0.379 e. The van der Waals surface area contributed by atoms with E-state index in [4.69, 9.17) is 4.74 Å². The minimum absolute atomic E-state index is 0.175. The number of hydrogen-bond donors (Lipinski definition) is 1. The fraction of sp³-hybridized carbons (Fsp3) is 0.500. The minimum atomic E-state index is -3.45. The maximum absolute atomic E-state index is 12.5. The molecule has 1 aliphatic heterocycles. The summed E-state index contributed by atoms with van der Waals surface area (Å²) in [4.78, 5) is 12.4. The Kier molecular flexibility index (Phi) is 5.74. The molecule has 0 aromatic carbocycles. The summed E-state index contributed by atoms with van der Waals surface area (Å²) >= 11 is 1.19. The molecule has 0 bridgehead atoms. The molecule has 1 aromatic heterocycles. The van der Waals surface area contributed by atoms with Crippen molar-refractivity contribution in [2.45, 2.75) is 24.6 Å². The van der Waals surface area contributed by atoms with Gasteiger partial charge < -0.3 is 10.1 Å². The van der Waals surface area contributed by atoms with Crippen molar-refractivity contribution in [2.24, 2.45) is 0 Å². The van der Waals surface area contributed by atoms with E-state index < -0.39 is 10.0 Å². The fourth-order valence-electron chi connectivity index (χ4n) is 1.99. The molecule has 22 heavy (non-hydrogen) atoms. The Morgan fingerprint density at radius 1 is 1.36 bits per heavy atom. The molecular formula is C14H20N2O4S2. The second kappa shape index (κ2) is 7.36. The first-order valence-corrected chi connectivity index (χ1v) is 9.24. The summed E-state index contributed by atoms with van der Waals surface area (Å²) in [5, 5.41) is 2.74. The molecule has 2 heterocycles. The highest BCUT2D eigenvalue weighted by Gasteiger charge is 2.27. The molecule has 0 atom stereocenters. The number of hydrogen-bond acceptors (Lipinski definition) is 5. The predicted molar refractivity (Wildman–Crippen MR) is 85.2 cm³/mol. The highest BCUT2D eigenvalue weighted by atomic mass is 32.2. The standard InChI is InChI=1S/C14H20N2O4S2/c1-11(2)9-13(17)15-10-12-3-4-14(21-12)22(18,19)16-5-7-20-8-6-16/h3-4,9H,5-8,10H2,1-2H3,(H,15,17). The van der Waals surface area contributed by atoms with Gasteiger partial charge in [0.15, 0.2) is 0 Å². The SMILES string of the molecule is CC(C)=CC(=O)NCc1ccc(S(=O)(=O)N2CCOCC2)s1. The van der Waals surface area contributed by atoms with Crippen LogP contribution in [0.1, 0.15) is 18.7 Å². The quantitative estimate of drug-likeness (QED) is 0.818. The summed E-state index contributed by atoms with van der Waals surface area (Å²) in [7, 11) is -3.45. The van der Waals surface area contributed by atoms with Gasteiger partial charge in [-0.15, -0.1) is 11.3 Å². The van der Waals surface area contributed by atoms with E-state index in [1.165, 1.54) is 21.7 Å². The van der Waals surface area contributed by atoms with Crippen molar-refractivity contribution in [2.75, 3.05) is 26.3 Å². The van der Waals surface area contributed by atoms with Gasteiger partial charge in [-0.1, -0.05) is 5.57 Å². The Balaban J connectivity index is 2.01. The predicted octanol–water partition coefficient (Wildman–Crippen LogP) is 1.35. The van der Waals surface area contributed by atoms with Gasteiger partial charge in [0.05, 0.1) is 19.8 Å². The zero-order valence-electron chi connectivity index (χ0n) is 12.7. The van der Waals surface area contributed by atoms with Crippen molar-refractivity contribution < 1.29 is 17.9 Å². The van der Waals surface area contributed by atoms with Crippen LogP contribution in [0, 0.1) is 0 Å². The molecule has 1 aliphatic rings. The number of ether oxygens (including phenoxy) is 1. The summed E-state index contributed by atoms with van der Waals surface area (Å²) in [6.07, 6.45) is 1.51. The van der Waals surface area contributed by atoms with Crippen LogP contribution < -0.4 is 5.32 Å². The van der Waals surface area contributed by atoms with Crippen molar-refractivity contribution in [3.8, 4) is 0 Å². The Bertz CT molecular complexity index is 654. The highest BCUT2D eigenvalue weighted by Crippen LogP contribution is 2.25. The van der Waals surface area contributed by atoms with Gasteiger partial charge in [0.2, 0.25) is 5.91 Å². The van der Waals surface area contributed by atoms with Gasteiger partial charge in [0, 0.05) is 24.0 Å². The monoisotopic (exact) mass is 344 g/mol. The molecule has 1 N–H and O–H groups in total. The van der Waals surface area contributed by atoms with E-state index in [-0.39, 0.29) is 5.91 Å². The summed E-state index contributed by atoms with van der Waals surface area (Å²) in [5.41, 5.74) is 0.916. The van der Waals surface area contributed by atoms with Gasteiger partial charge in [-0.2, -0.15) is 4.31 Å². The second-order valence-electron chi connectivity index (χ2n) is 5.18. The van der Waals surface area contributed by atoms with E-state index >= 15 is 0 Å². The highest BCUT2D eigenvalue weighted by molar-refractivity contribution is 7.91. The average molecular weight is 344 g/mol. The molecule has 0 saturated carbocycles. The maximum atomic E-state index is 12.5. The third kappa shape index (κ3) is 4.39. The lowest BCUT2D eigenvalue weighted by molar-refractivity contribution is -0.116. The van der Waals surface area contributed by atoms with E-state index in [1.807, 2.05) is 13.8 Å². The van der Waals surface area contributed by atoms with Crippen molar-refractivity contribution in [1.29, 1.82) is 0 Å². The van der Waals surface area contributed by atoms with Crippen molar-refractivity contribution in [3.63, 3.8) is 0 Å². The molecule has 1 fully saturated rings. The van der Waals surface area contributed by atoms with Gasteiger partial charge in [-0.05, 0) is 26.0 Å². The smallest absolute Gasteiger partial charge is 0.252 e. The van der Waals surface area contributed by atoms with Crippen LogP contribution in [0.15, 0.2) is 28.0 Å². The molecule has 0 unspecified atom stereocenters. The number of carbonyl (C=O) groups is 1. The number of carbonyl (C=O) groups excluding carboxylic acids is 1. The van der Waals surface area contributed by atoms with E-state index in [1.54, 1.807) is 12.1 Å². The summed E-state index contributed by atoms with van der Waals surface area (Å²) < 4.78 is 31.9. The number of thiophene rings is 1. The Morgan fingerprint density at radius 3 is 2.68 bits per heavy atom. The normalized spacial score (nSPS) is 16.3. The molecule has 1 saturated heterocycles. The van der Waals surface area contributed by atoms with Crippen LogP contribution in [0.25, 0.3) is 0 Å². The molecule has 8 heteroatoms. The topological polar surface area (TPSA) is 75.7 Å². The molecule has 6 nitrogen and oxygen atoms in total.